The van der Waals surface area contributed by atoms with Crippen molar-refractivity contribution in [3.63, 3.8) is 0 Å². The number of guanidine groups is 4. The minimum Gasteiger partial charge on any atom is -1.00 e. The molecule has 0 saturated carbocycles. The topological polar surface area (TPSA) is 258 Å². The number of nitrogens with two attached hydrogens (primary N) is 4. The van der Waals surface area contributed by atoms with Gasteiger partial charge in [-0.2, -0.15) is 9.98 Å². The Bertz CT molecular complexity index is 1110. The van der Waals surface area contributed by atoms with Gasteiger partial charge in [0, 0.05) is 34.5 Å². The van der Waals surface area contributed by atoms with Crippen molar-refractivity contribution in [2.24, 2.45) is 42.9 Å². The Morgan fingerprint density at radius 2 is 1.02 bits per heavy atom. The summed E-state index contributed by atoms with van der Waals surface area (Å²) in [4.78, 5) is 39.4. The fraction of sp³-hybridized carbons (Fsp3) is 0.273. The summed E-state index contributed by atoms with van der Waals surface area (Å²) >= 11 is 11.7. The fourth-order valence-electron chi connectivity index (χ4n) is 2.70. The molecular weight excluding hydrogens is 629 g/mol. The van der Waals surface area contributed by atoms with Gasteiger partial charge in [0.05, 0.1) is 0 Å². The molecule has 12 N–H and O–H groups in total. The SMILES string of the molecule is NC(=NCCCCCCN=C(N)/N=C(\N)Nc1ccc(Cl)cc1)/N=C(\N)Nc1ccc(Cl)cc1.O=P([O-])(O)O.[Ca+2].[F-]. The van der Waals surface area contributed by atoms with E-state index in [2.05, 4.69) is 30.6 Å². The third-order valence-electron chi connectivity index (χ3n) is 4.32. The minimum atomic E-state index is -4.89. The van der Waals surface area contributed by atoms with Gasteiger partial charge in [-0.1, -0.05) is 36.0 Å². The van der Waals surface area contributed by atoms with Gasteiger partial charge < -0.3 is 53.0 Å². The summed E-state index contributed by atoms with van der Waals surface area (Å²) in [6.07, 6.45) is 3.68. The molecule has 19 heteroatoms. The number of aliphatic imine (C=N–C) groups is 4. The molecule has 0 spiro atoms. The largest absolute Gasteiger partial charge is 2.00 e. The van der Waals surface area contributed by atoms with E-state index in [0.717, 1.165) is 37.1 Å². The zero-order valence-corrected chi connectivity index (χ0v) is 26.6. The zero-order chi connectivity index (χ0) is 29.3. The van der Waals surface area contributed by atoms with Crippen LogP contribution < -0.4 is 43.2 Å². The van der Waals surface area contributed by atoms with Crippen molar-refractivity contribution in [3.8, 4) is 0 Å². The quantitative estimate of drug-likeness (QED) is 0.0502. The minimum absolute atomic E-state index is 0. The molecule has 2 aromatic rings. The molecule has 14 nitrogen and oxygen atoms in total. The molecule has 0 atom stereocenters. The first-order valence-corrected chi connectivity index (χ1v) is 13.7. The van der Waals surface area contributed by atoms with E-state index in [0.29, 0.717) is 23.1 Å². The zero-order valence-electron chi connectivity index (χ0n) is 22.0. The van der Waals surface area contributed by atoms with E-state index in [-0.39, 0.29) is 66.3 Å². The van der Waals surface area contributed by atoms with Crippen molar-refractivity contribution < 1.29 is 23.9 Å². The normalized spacial score (nSPS) is 12.3. The number of anilines is 2. The summed E-state index contributed by atoms with van der Waals surface area (Å²) in [5.74, 6) is 0.564. The average Bonchev–Trinajstić information content (AvgIpc) is 2.82. The van der Waals surface area contributed by atoms with E-state index in [9.17, 15) is 0 Å². The van der Waals surface area contributed by atoms with Crippen LogP contribution in [0.4, 0.5) is 11.4 Å². The van der Waals surface area contributed by atoms with Gasteiger partial charge in [-0.05, 0) is 61.4 Å². The van der Waals surface area contributed by atoms with Gasteiger partial charge in [0.15, 0.2) is 0 Å². The monoisotopic (exact) mass is 660 g/mol. The second-order valence-electron chi connectivity index (χ2n) is 7.64. The number of hydrogen-bond donors (Lipinski definition) is 8. The van der Waals surface area contributed by atoms with Crippen molar-refractivity contribution >= 4 is 104 Å². The molecule has 0 unspecified atom stereocenters. The Morgan fingerprint density at radius 1 is 0.732 bits per heavy atom. The van der Waals surface area contributed by atoms with E-state index in [4.69, 9.17) is 65.4 Å². The first-order chi connectivity index (χ1) is 18.3. The van der Waals surface area contributed by atoms with E-state index in [1.807, 2.05) is 0 Å². The number of rotatable bonds is 9. The van der Waals surface area contributed by atoms with Crippen molar-refractivity contribution in [2.45, 2.75) is 25.7 Å². The smallest absolute Gasteiger partial charge is 1.00 e. The predicted molar refractivity (Wildman–Crippen MR) is 163 cm³/mol. The summed E-state index contributed by atoms with van der Waals surface area (Å²) in [6, 6.07) is 14.1. The Labute approximate surface area is 277 Å². The van der Waals surface area contributed by atoms with Crippen LogP contribution >= 0.6 is 31.0 Å². The second-order valence-corrected chi connectivity index (χ2v) is 9.50. The molecule has 0 amide bonds. The molecule has 0 heterocycles. The molecule has 0 saturated heterocycles. The molecule has 2 aromatic carbocycles. The molecule has 222 valence electrons. The fourth-order valence-corrected chi connectivity index (χ4v) is 2.95. The summed E-state index contributed by atoms with van der Waals surface area (Å²) in [5.41, 5.74) is 24.8. The molecule has 0 aliphatic heterocycles. The first-order valence-electron chi connectivity index (χ1n) is 11.4. The van der Waals surface area contributed by atoms with Gasteiger partial charge in [0.25, 0.3) is 7.82 Å². The van der Waals surface area contributed by atoms with Gasteiger partial charge in [0.1, 0.15) is 0 Å². The Morgan fingerprint density at radius 3 is 1.32 bits per heavy atom. The molecular formula is C22H32CaCl2FN10O4P. The summed E-state index contributed by atoms with van der Waals surface area (Å²) < 4.78 is 8.77. The molecule has 2 rings (SSSR count). The van der Waals surface area contributed by atoms with Crippen LogP contribution in [-0.4, -0.2) is 84.5 Å². The number of halogens is 3. The van der Waals surface area contributed by atoms with Crippen molar-refractivity contribution in [3.05, 3.63) is 58.6 Å². The molecule has 0 aliphatic rings. The first kappa shape index (κ1) is 40.9. The Hall–Kier alpha value is -2.20. The van der Waals surface area contributed by atoms with Crippen molar-refractivity contribution in [1.82, 2.24) is 0 Å². The van der Waals surface area contributed by atoms with Crippen molar-refractivity contribution in [2.75, 3.05) is 23.7 Å². The molecule has 0 aliphatic carbocycles. The number of phosphoric acid groups is 1. The van der Waals surface area contributed by atoms with Crippen LogP contribution in [0.5, 0.6) is 0 Å². The van der Waals surface area contributed by atoms with Crippen LogP contribution in [0.3, 0.4) is 0 Å². The number of nitrogens with one attached hydrogen (secondary N) is 2. The van der Waals surface area contributed by atoms with Crippen LogP contribution in [0.1, 0.15) is 25.7 Å². The van der Waals surface area contributed by atoms with Gasteiger partial charge in [0.2, 0.25) is 23.8 Å². The number of hydrogen-bond acceptors (Lipinski definition) is 4. The number of benzene rings is 2. The predicted octanol–water partition coefficient (Wildman–Crippen LogP) is -1.60. The van der Waals surface area contributed by atoms with Gasteiger partial charge in [-0.25, -0.2) is 0 Å². The van der Waals surface area contributed by atoms with Crippen LogP contribution in [0, 0.1) is 0 Å². The Balaban J connectivity index is 0. The van der Waals surface area contributed by atoms with Crippen LogP contribution in [0.2, 0.25) is 10.0 Å². The van der Waals surface area contributed by atoms with Gasteiger partial charge in [-0.3, -0.25) is 14.5 Å². The maximum absolute atomic E-state index is 8.77. The summed E-state index contributed by atoms with van der Waals surface area (Å²) in [5, 5.41) is 7.11. The van der Waals surface area contributed by atoms with Crippen molar-refractivity contribution in [1.29, 1.82) is 0 Å². The number of unbranched alkanes of at least 4 members (excludes halogenated alkanes) is 3. The molecule has 0 radical (unpaired) electrons. The molecule has 41 heavy (non-hydrogen) atoms. The van der Waals surface area contributed by atoms with E-state index in [1.165, 1.54) is 0 Å². The van der Waals surface area contributed by atoms with E-state index < -0.39 is 7.82 Å². The van der Waals surface area contributed by atoms with Crippen LogP contribution in [0.25, 0.3) is 0 Å². The van der Waals surface area contributed by atoms with Crippen LogP contribution in [0.15, 0.2) is 68.5 Å². The average molecular weight is 662 g/mol. The third kappa shape index (κ3) is 24.1. The standard InChI is InChI=1S/C22H30Cl2N10.Ca.FH.H3O4P/c23-15-5-9-17(10-6-15)31-21(27)33-19(25)29-13-3-1-2-4-14-30-20(26)34-22(28)32-18-11-7-16(24)8-12-18;;;1-5(2,3)4/h5-12H,1-4,13-14H2,(H5,25,27,29,31,33)(H5,26,28,30,32,34);;1H;(H3,1,2,3,4)/q;+2;;/p-2. The van der Waals surface area contributed by atoms with Gasteiger partial charge >= 0.3 is 37.7 Å². The second kappa shape index (κ2) is 22.4. The molecule has 0 aromatic heterocycles. The third-order valence-corrected chi connectivity index (χ3v) is 4.82. The molecule has 0 fully saturated rings. The van der Waals surface area contributed by atoms with E-state index in [1.54, 1.807) is 48.5 Å². The maximum atomic E-state index is 8.77. The van der Waals surface area contributed by atoms with Gasteiger partial charge in [-0.15, -0.1) is 0 Å². The van der Waals surface area contributed by atoms with Crippen LogP contribution in [-0.2, 0) is 4.57 Å². The summed E-state index contributed by atoms with van der Waals surface area (Å²) in [7, 11) is -4.89. The van der Waals surface area contributed by atoms with E-state index >= 15 is 0 Å². The maximum Gasteiger partial charge on any atom is 2.00 e. The summed E-state index contributed by atoms with van der Waals surface area (Å²) in [6.45, 7) is 1.12. The molecule has 0 bridgehead atoms. The Kier molecular flexibility index (Phi) is 22.4. The number of nitrogens with zero attached hydrogens (tertiary/aromatic N) is 4.